The number of halogens is 2. The van der Waals surface area contributed by atoms with Gasteiger partial charge in [0.2, 0.25) is 5.91 Å². The number of nitrogens with zero attached hydrogens (tertiary/aromatic N) is 1. The van der Waals surface area contributed by atoms with E-state index in [4.69, 9.17) is 16.3 Å². The van der Waals surface area contributed by atoms with Crippen LogP contribution in [0.15, 0.2) is 0 Å². The van der Waals surface area contributed by atoms with Gasteiger partial charge in [0.05, 0.1) is 12.2 Å². The summed E-state index contributed by atoms with van der Waals surface area (Å²) in [6.45, 7) is 8.05. The SMILES string of the molecule is CC1CN(CCCCNC(=O)CCl)CC(C)O1.Cl. The lowest BCUT2D eigenvalue weighted by Crippen LogP contribution is -2.45. The molecule has 1 N–H and O–H groups in total. The van der Waals surface area contributed by atoms with Crippen molar-refractivity contribution in [3.8, 4) is 0 Å². The Bertz CT molecular complexity index is 232. The first-order chi connectivity index (χ1) is 8.11. The molecule has 2 atom stereocenters. The number of amides is 1. The van der Waals surface area contributed by atoms with Crippen LogP contribution in [0.25, 0.3) is 0 Å². The molecule has 1 amide bonds. The van der Waals surface area contributed by atoms with Crippen molar-refractivity contribution in [3.63, 3.8) is 0 Å². The zero-order valence-corrected chi connectivity index (χ0v) is 12.7. The molecule has 1 fully saturated rings. The number of rotatable bonds is 6. The van der Waals surface area contributed by atoms with E-state index in [0.717, 1.165) is 39.0 Å². The Balaban J connectivity index is 0.00000289. The summed E-state index contributed by atoms with van der Waals surface area (Å²) >= 11 is 5.38. The van der Waals surface area contributed by atoms with Crippen LogP contribution in [0.1, 0.15) is 26.7 Å². The van der Waals surface area contributed by atoms with E-state index in [-0.39, 0.29) is 24.2 Å². The lowest BCUT2D eigenvalue weighted by molar-refractivity contribution is -0.118. The number of carbonyl (C=O) groups excluding carboxylic acids is 1. The van der Waals surface area contributed by atoms with E-state index >= 15 is 0 Å². The number of hydrogen-bond donors (Lipinski definition) is 1. The van der Waals surface area contributed by atoms with Crippen molar-refractivity contribution in [2.45, 2.75) is 38.9 Å². The van der Waals surface area contributed by atoms with Crippen molar-refractivity contribution in [1.29, 1.82) is 0 Å². The fourth-order valence-electron chi connectivity index (χ4n) is 2.20. The molecular formula is C12H24Cl2N2O2. The van der Waals surface area contributed by atoms with Gasteiger partial charge in [-0.05, 0) is 33.2 Å². The van der Waals surface area contributed by atoms with E-state index in [0.29, 0.717) is 12.2 Å². The second kappa shape index (κ2) is 9.84. The van der Waals surface area contributed by atoms with Gasteiger partial charge in [0.1, 0.15) is 5.88 Å². The Morgan fingerprint density at radius 2 is 1.94 bits per heavy atom. The molecule has 1 aliphatic rings. The number of alkyl halides is 1. The molecule has 6 heteroatoms. The number of carbonyl (C=O) groups is 1. The molecule has 18 heavy (non-hydrogen) atoms. The minimum Gasteiger partial charge on any atom is -0.373 e. The topological polar surface area (TPSA) is 41.6 Å². The van der Waals surface area contributed by atoms with Crippen LogP contribution in [0.3, 0.4) is 0 Å². The molecule has 0 aromatic rings. The van der Waals surface area contributed by atoms with Crippen molar-refractivity contribution >= 4 is 29.9 Å². The van der Waals surface area contributed by atoms with Gasteiger partial charge < -0.3 is 10.1 Å². The van der Waals surface area contributed by atoms with Crippen LogP contribution in [0.4, 0.5) is 0 Å². The zero-order valence-electron chi connectivity index (χ0n) is 11.2. The smallest absolute Gasteiger partial charge is 0.234 e. The Morgan fingerprint density at radius 1 is 1.33 bits per heavy atom. The molecule has 0 radical (unpaired) electrons. The third-order valence-electron chi connectivity index (χ3n) is 2.84. The molecule has 108 valence electrons. The lowest BCUT2D eigenvalue weighted by atomic mass is 10.2. The summed E-state index contributed by atoms with van der Waals surface area (Å²) in [6.07, 6.45) is 2.76. The van der Waals surface area contributed by atoms with Crippen LogP contribution < -0.4 is 5.32 Å². The summed E-state index contributed by atoms with van der Waals surface area (Å²) in [6, 6.07) is 0. The molecule has 0 spiro atoms. The highest BCUT2D eigenvalue weighted by Crippen LogP contribution is 2.10. The minimum atomic E-state index is -0.0831. The van der Waals surface area contributed by atoms with Crippen molar-refractivity contribution in [1.82, 2.24) is 10.2 Å². The summed E-state index contributed by atoms with van der Waals surface area (Å²) in [5, 5.41) is 2.77. The predicted octanol–water partition coefficient (Wildman–Crippen LogP) is 1.65. The van der Waals surface area contributed by atoms with Crippen molar-refractivity contribution in [3.05, 3.63) is 0 Å². The first-order valence-corrected chi connectivity index (χ1v) is 6.85. The Morgan fingerprint density at radius 3 is 2.50 bits per heavy atom. The van der Waals surface area contributed by atoms with Gasteiger partial charge >= 0.3 is 0 Å². The molecule has 0 aromatic heterocycles. The van der Waals surface area contributed by atoms with Crippen LogP contribution in [-0.2, 0) is 9.53 Å². The summed E-state index contributed by atoms with van der Waals surface area (Å²) in [5.41, 5.74) is 0. The van der Waals surface area contributed by atoms with Crippen LogP contribution >= 0.6 is 24.0 Å². The largest absolute Gasteiger partial charge is 0.373 e. The predicted molar refractivity (Wildman–Crippen MR) is 76.7 cm³/mol. The number of nitrogens with one attached hydrogen (secondary N) is 1. The third-order valence-corrected chi connectivity index (χ3v) is 3.08. The summed E-state index contributed by atoms with van der Waals surface area (Å²) in [4.78, 5) is 13.3. The monoisotopic (exact) mass is 298 g/mol. The Hall–Kier alpha value is -0.0300. The third kappa shape index (κ3) is 7.41. The second-order valence-electron chi connectivity index (χ2n) is 4.71. The summed E-state index contributed by atoms with van der Waals surface area (Å²) in [7, 11) is 0. The molecule has 1 rings (SSSR count). The zero-order chi connectivity index (χ0) is 12.7. The number of morpholine rings is 1. The maximum Gasteiger partial charge on any atom is 0.234 e. The van der Waals surface area contributed by atoms with Gasteiger partial charge in [0, 0.05) is 19.6 Å². The summed E-state index contributed by atoms with van der Waals surface area (Å²) < 4.78 is 5.68. The van der Waals surface area contributed by atoms with Crippen molar-refractivity contribution in [2.75, 3.05) is 32.1 Å². The first kappa shape index (κ1) is 18.0. The van der Waals surface area contributed by atoms with Crippen molar-refractivity contribution in [2.24, 2.45) is 0 Å². The average Bonchev–Trinajstić information content (AvgIpc) is 2.27. The molecule has 0 bridgehead atoms. The van der Waals surface area contributed by atoms with Gasteiger partial charge in [0.25, 0.3) is 0 Å². The maximum atomic E-state index is 10.9. The molecular weight excluding hydrogens is 275 g/mol. The van der Waals surface area contributed by atoms with E-state index in [9.17, 15) is 4.79 Å². The van der Waals surface area contributed by atoms with E-state index in [1.165, 1.54) is 0 Å². The number of hydrogen-bond acceptors (Lipinski definition) is 3. The van der Waals surface area contributed by atoms with Gasteiger partial charge in [-0.2, -0.15) is 0 Å². The standard InChI is InChI=1S/C12H23ClN2O2.ClH/c1-10-8-15(9-11(2)17-10)6-4-3-5-14-12(16)7-13;/h10-11H,3-9H2,1-2H3,(H,14,16);1H. The molecule has 0 aliphatic carbocycles. The summed E-state index contributed by atoms with van der Waals surface area (Å²) in [5.74, 6) is -0.0290. The van der Waals surface area contributed by atoms with Crippen molar-refractivity contribution < 1.29 is 9.53 Å². The van der Waals surface area contributed by atoms with Crippen LogP contribution in [0, 0.1) is 0 Å². The molecule has 0 aromatic carbocycles. The molecule has 2 unspecified atom stereocenters. The molecule has 1 heterocycles. The van der Waals surface area contributed by atoms with Gasteiger partial charge in [-0.25, -0.2) is 0 Å². The number of ether oxygens (including phenoxy) is 1. The van der Waals surface area contributed by atoms with E-state index in [1.54, 1.807) is 0 Å². The number of unbranched alkanes of at least 4 members (excludes halogenated alkanes) is 1. The fraction of sp³-hybridized carbons (Fsp3) is 0.917. The van der Waals surface area contributed by atoms with Gasteiger partial charge in [-0.15, -0.1) is 24.0 Å². The van der Waals surface area contributed by atoms with Crippen LogP contribution in [0.2, 0.25) is 0 Å². The molecule has 1 aliphatic heterocycles. The highest BCUT2D eigenvalue weighted by atomic mass is 35.5. The van der Waals surface area contributed by atoms with E-state index in [1.807, 2.05) is 0 Å². The molecule has 4 nitrogen and oxygen atoms in total. The Labute approximate surface area is 121 Å². The van der Waals surface area contributed by atoms with E-state index in [2.05, 4.69) is 24.1 Å². The highest BCUT2D eigenvalue weighted by molar-refractivity contribution is 6.27. The highest BCUT2D eigenvalue weighted by Gasteiger charge is 2.21. The fourth-order valence-corrected chi connectivity index (χ4v) is 2.30. The van der Waals surface area contributed by atoms with Gasteiger partial charge in [0.15, 0.2) is 0 Å². The van der Waals surface area contributed by atoms with Gasteiger partial charge in [-0.3, -0.25) is 9.69 Å². The molecule has 0 saturated carbocycles. The maximum absolute atomic E-state index is 10.9. The Kier molecular flexibility index (Phi) is 9.83. The van der Waals surface area contributed by atoms with Crippen LogP contribution in [0.5, 0.6) is 0 Å². The molecule has 1 saturated heterocycles. The lowest BCUT2D eigenvalue weighted by Gasteiger charge is -2.35. The normalized spacial score (nSPS) is 24.4. The second-order valence-corrected chi connectivity index (χ2v) is 4.97. The quantitative estimate of drug-likeness (QED) is 0.599. The first-order valence-electron chi connectivity index (χ1n) is 6.32. The minimum absolute atomic E-state index is 0. The van der Waals surface area contributed by atoms with Crippen LogP contribution in [-0.4, -0.2) is 55.1 Å². The van der Waals surface area contributed by atoms with E-state index < -0.39 is 0 Å². The van der Waals surface area contributed by atoms with Gasteiger partial charge in [-0.1, -0.05) is 0 Å². The average molecular weight is 299 g/mol.